The highest BCUT2D eigenvalue weighted by atomic mass is 16.4. The van der Waals surface area contributed by atoms with Gasteiger partial charge in [0.25, 0.3) is 0 Å². The first-order chi connectivity index (χ1) is 16.2. The summed E-state index contributed by atoms with van der Waals surface area (Å²) in [6, 6.07) is 29.4. The van der Waals surface area contributed by atoms with E-state index >= 15 is 0 Å². The smallest absolute Gasteiger partial charge is 0.227 e. The average molecular weight is 429 g/mol. The fourth-order valence-electron chi connectivity index (χ4n) is 3.77. The van der Waals surface area contributed by atoms with Crippen molar-refractivity contribution in [3.8, 4) is 22.9 Å². The molecule has 158 valence electrons. The molecule has 2 heterocycles. The largest absolute Gasteiger partial charge is 0.436 e. The van der Waals surface area contributed by atoms with Crippen LogP contribution in [0.15, 0.2) is 99.8 Å². The van der Waals surface area contributed by atoms with E-state index in [1.807, 2.05) is 103 Å². The van der Waals surface area contributed by atoms with Gasteiger partial charge in [0, 0.05) is 16.8 Å². The van der Waals surface area contributed by atoms with Crippen LogP contribution < -0.4 is 5.73 Å². The van der Waals surface area contributed by atoms with Gasteiger partial charge >= 0.3 is 0 Å². The molecule has 2 N–H and O–H groups in total. The first-order valence-electron chi connectivity index (χ1n) is 10.6. The molecule has 0 saturated carbocycles. The van der Waals surface area contributed by atoms with Crippen LogP contribution in [0, 0.1) is 0 Å². The summed E-state index contributed by atoms with van der Waals surface area (Å²) < 4.78 is 11.7. The summed E-state index contributed by atoms with van der Waals surface area (Å²) >= 11 is 0. The molecule has 33 heavy (non-hydrogen) atoms. The Kier molecular flexibility index (Phi) is 4.51. The van der Waals surface area contributed by atoms with Crippen molar-refractivity contribution in [1.29, 1.82) is 0 Å². The second-order valence-electron chi connectivity index (χ2n) is 7.77. The number of benzene rings is 4. The van der Waals surface area contributed by atoms with Crippen molar-refractivity contribution in [3.63, 3.8) is 0 Å². The van der Waals surface area contributed by atoms with Crippen LogP contribution in [0.5, 0.6) is 0 Å². The van der Waals surface area contributed by atoms with E-state index < -0.39 is 0 Å². The lowest BCUT2D eigenvalue weighted by molar-refractivity contribution is 0.619. The highest BCUT2D eigenvalue weighted by Crippen LogP contribution is 2.28. The van der Waals surface area contributed by atoms with Crippen LogP contribution in [0.1, 0.15) is 11.1 Å². The lowest BCUT2D eigenvalue weighted by atomic mass is 10.1. The minimum absolute atomic E-state index is 0.563. The van der Waals surface area contributed by atoms with Crippen molar-refractivity contribution in [3.05, 3.63) is 102 Å². The SMILES string of the molecule is Nc1cc(-c2nc3ccccc3o2)ccc1C=Cc1ccc(-c2nc3ccccc3o2)cc1. The number of para-hydroxylation sites is 4. The summed E-state index contributed by atoms with van der Waals surface area (Å²) in [4.78, 5) is 9.09. The molecule has 0 fully saturated rings. The van der Waals surface area contributed by atoms with Crippen LogP contribution in [-0.2, 0) is 0 Å². The molecule has 0 aliphatic heterocycles. The van der Waals surface area contributed by atoms with Crippen molar-refractivity contribution in [2.75, 3.05) is 5.73 Å². The predicted octanol–water partition coefficient (Wildman–Crippen LogP) is 7.06. The topological polar surface area (TPSA) is 78.1 Å². The van der Waals surface area contributed by atoms with Gasteiger partial charge in [0.2, 0.25) is 11.8 Å². The number of rotatable bonds is 4. The maximum absolute atomic E-state index is 6.31. The van der Waals surface area contributed by atoms with E-state index in [0.717, 1.165) is 44.5 Å². The molecule has 6 aromatic rings. The average Bonchev–Trinajstić information content (AvgIpc) is 3.48. The second-order valence-corrected chi connectivity index (χ2v) is 7.77. The van der Waals surface area contributed by atoms with Crippen molar-refractivity contribution < 1.29 is 8.83 Å². The van der Waals surface area contributed by atoms with E-state index in [1.54, 1.807) is 0 Å². The maximum Gasteiger partial charge on any atom is 0.227 e. The fourth-order valence-corrected chi connectivity index (χ4v) is 3.77. The molecule has 0 saturated heterocycles. The number of anilines is 1. The van der Waals surface area contributed by atoms with Gasteiger partial charge in [-0.1, -0.05) is 54.6 Å². The van der Waals surface area contributed by atoms with Gasteiger partial charge in [0.1, 0.15) is 11.0 Å². The van der Waals surface area contributed by atoms with Crippen LogP contribution >= 0.6 is 0 Å². The summed E-state index contributed by atoms with van der Waals surface area (Å²) in [7, 11) is 0. The van der Waals surface area contributed by atoms with E-state index in [2.05, 4.69) is 9.97 Å². The Labute approximate surface area is 189 Å². The van der Waals surface area contributed by atoms with Crippen LogP contribution in [0.2, 0.25) is 0 Å². The monoisotopic (exact) mass is 429 g/mol. The summed E-state index contributed by atoms with van der Waals surface area (Å²) in [5.41, 5.74) is 14.0. The third kappa shape index (κ3) is 3.66. The summed E-state index contributed by atoms with van der Waals surface area (Å²) in [5.74, 6) is 1.18. The Balaban J connectivity index is 1.22. The number of hydrogen-bond donors (Lipinski definition) is 1. The molecular formula is C28H19N3O2. The normalized spacial score (nSPS) is 11.6. The number of aromatic nitrogens is 2. The van der Waals surface area contributed by atoms with Gasteiger partial charge in [-0.15, -0.1) is 0 Å². The van der Waals surface area contributed by atoms with E-state index in [0.29, 0.717) is 17.5 Å². The number of nitrogens with two attached hydrogens (primary N) is 1. The molecule has 0 bridgehead atoms. The van der Waals surface area contributed by atoms with Gasteiger partial charge in [0.15, 0.2) is 11.2 Å². The molecule has 0 unspecified atom stereocenters. The van der Waals surface area contributed by atoms with Crippen molar-refractivity contribution in [2.24, 2.45) is 0 Å². The molecule has 0 amide bonds. The van der Waals surface area contributed by atoms with Crippen LogP contribution in [0.3, 0.4) is 0 Å². The molecule has 2 aromatic heterocycles. The second kappa shape index (κ2) is 7.80. The van der Waals surface area contributed by atoms with Crippen LogP contribution in [0.25, 0.3) is 57.3 Å². The molecule has 4 aromatic carbocycles. The molecule has 6 rings (SSSR count). The van der Waals surface area contributed by atoms with E-state index in [1.165, 1.54) is 0 Å². The van der Waals surface area contributed by atoms with Crippen molar-refractivity contribution in [1.82, 2.24) is 9.97 Å². The van der Waals surface area contributed by atoms with Gasteiger partial charge in [-0.25, -0.2) is 9.97 Å². The van der Waals surface area contributed by atoms with Gasteiger partial charge in [-0.2, -0.15) is 0 Å². The molecule has 5 heteroatoms. The highest BCUT2D eigenvalue weighted by Gasteiger charge is 2.10. The first kappa shape index (κ1) is 19.1. The Morgan fingerprint density at radius 1 is 0.606 bits per heavy atom. The molecule has 0 aliphatic rings. The number of nitrogen functional groups attached to an aromatic ring is 1. The highest BCUT2D eigenvalue weighted by molar-refractivity contribution is 5.81. The van der Waals surface area contributed by atoms with E-state index in [4.69, 9.17) is 14.6 Å². The first-order valence-corrected chi connectivity index (χ1v) is 10.6. The Bertz CT molecular complexity index is 1560. The number of fused-ring (bicyclic) bond motifs is 2. The third-order valence-electron chi connectivity index (χ3n) is 5.53. The van der Waals surface area contributed by atoms with E-state index in [-0.39, 0.29) is 0 Å². The lowest BCUT2D eigenvalue weighted by Gasteiger charge is -2.03. The summed E-state index contributed by atoms with van der Waals surface area (Å²) in [6.07, 6.45) is 4.03. The van der Waals surface area contributed by atoms with Gasteiger partial charge in [-0.05, 0) is 59.7 Å². The lowest BCUT2D eigenvalue weighted by Crippen LogP contribution is -1.90. The number of nitrogens with zero attached hydrogens (tertiary/aromatic N) is 2. The Morgan fingerprint density at radius 3 is 1.79 bits per heavy atom. The minimum Gasteiger partial charge on any atom is -0.436 e. The van der Waals surface area contributed by atoms with Crippen LogP contribution in [0.4, 0.5) is 5.69 Å². The Hall–Kier alpha value is -4.64. The Morgan fingerprint density at radius 2 is 1.18 bits per heavy atom. The van der Waals surface area contributed by atoms with Crippen molar-refractivity contribution >= 4 is 40.0 Å². The molecule has 0 spiro atoms. The van der Waals surface area contributed by atoms with Crippen LogP contribution in [-0.4, -0.2) is 9.97 Å². The molecule has 0 atom stereocenters. The molecule has 0 aliphatic carbocycles. The maximum atomic E-state index is 6.31. The zero-order valence-electron chi connectivity index (χ0n) is 17.6. The zero-order chi connectivity index (χ0) is 22.2. The number of hydrogen-bond acceptors (Lipinski definition) is 5. The molecule has 5 nitrogen and oxygen atoms in total. The van der Waals surface area contributed by atoms with E-state index in [9.17, 15) is 0 Å². The third-order valence-corrected chi connectivity index (χ3v) is 5.53. The summed E-state index contributed by atoms with van der Waals surface area (Å²) in [5, 5.41) is 0. The van der Waals surface area contributed by atoms with Crippen molar-refractivity contribution in [2.45, 2.75) is 0 Å². The minimum atomic E-state index is 0.563. The molecule has 0 radical (unpaired) electrons. The number of oxazole rings is 2. The quantitative estimate of drug-likeness (QED) is 0.240. The molecular weight excluding hydrogens is 410 g/mol. The standard InChI is InChI=1S/C28H19N3O2/c29-22-17-21(28-31-24-6-2-4-8-26(24)33-28)16-15-19(22)12-9-18-10-13-20(14-11-18)27-30-23-5-1-3-7-25(23)32-27/h1-17H,29H2. The zero-order valence-corrected chi connectivity index (χ0v) is 17.6. The predicted molar refractivity (Wildman–Crippen MR) is 132 cm³/mol. The van der Waals surface area contributed by atoms with Gasteiger partial charge in [-0.3, -0.25) is 0 Å². The summed E-state index contributed by atoms with van der Waals surface area (Å²) in [6.45, 7) is 0. The van der Waals surface area contributed by atoms with Gasteiger partial charge in [0.05, 0.1) is 0 Å². The fraction of sp³-hybridized carbons (Fsp3) is 0. The van der Waals surface area contributed by atoms with Gasteiger partial charge < -0.3 is 14.6 Å².